The number of nitrogens with zero attached hydrogens (tertiary/aromatic N) is 2. The van der Waals surface area contributed by atoms with Gasteiger partial charge in [-0.25, -0.2) is 4.98 Å². The highest BCUT2D eigenvalue weighted by Gasteiger charge is 2.10. The van der Waals surface area contributed by atoms with Crippen molar-refractivity contribution in [1.29, 1.82) is 0 Å². The van der Waals surface area contributed by atoms with Gasteiger partial charge in [0, 0.05) is 18.9 Å². The summed E-state index contributed by atoms with van der Waals surface area (Å²) in [4.78, 5) is 4.08. The average molecular weight is 229 g/mol. The van der Waals surface area contributed by atoms with Crippen molar-refractivity contribution < 1.29 is 0 Å². The maximum absolute atomic E-state index is 4.08. The van der Waals surface area contributed by atoms with Gasteiger partial charge in [0.25, 0.3) is 0 Å². The third-order valence-corrected chi connectivity index (χ3v) is 2.88. The molecule has 0 spiro atoms. The Morgan fingerprint density at radius 2 is 2.06 bits per heavy atom. The van der Waals surface area contributed by atoms with E-state index in [2.05, 4.69) is 53.0 Å². The van der Waals surface area contributed by atoms with Crippen LogP contribution in [0, 0.1) is 6.92 Å². The lowest BCUT2D eigenvalue weighted by Crippen LogP contribution is -2.25. The van der Waals surface area contributed by atoms with Crippen LogP contribution in [0.4, 0.5) is 0 Å². The predicted octanol–water partition coefficient (Wildman–Crippen LogP) is 2.54. The van der Waals surface area contributed by atoms with E-state index in [0.717, 1.165) is 13.1 Å². The van der Waals surface area contributed by atoms with E-state index in [1.165, 1.54) is 11.1 Å². The molecule has 1 atom stereocenters. The molecule has 0 aliphatic carbocycles. The van der Waals surface area contributed by atoms with Crippen molar-refractivity contribution >= 4 is 0 Å². The van der Waals surface area contributed by atoms with Crippen LogP contribution in [-0.4, -0.2) is 16.1 Å². The molecular weight excluding hydrogens is 210 g/mol. The van der Waals surface area contributed by atoms with Gasteiger partial charge in [-0.1, -0.05) is 36.8 Å². The number of benzene rings is 1. The lowest BCUT2D eigenvalue weighted by atomic mass is 10.1. The minimum Gasteiger partial charge on any atom is -0.336 e. The Bertz CT molecular complexity index is 431. The van der Waals surface area contributed by atoms with Crippen LogP contribution in [0.1, 0.15) is 24.1 Å². The first-order chi connectivity index (χ1) is 8.29. The molecular formula is C14H19N3. The summed E-state index contributed by atoms with van der Waals surface area (Å²) in [6, 6.07) is 9.05. The van der Waals surface area contributed by atoms with E-state index in [4.69, 9.17) is 0 Å². The molecule has 3 nitrogen and oxygen atoms in total. The first-order valence-corrected chi connectivity index (χ1v) is 6.05. The Labute approximate surface area is 103 Å². The zero-order valence-electron chi connectivity index (χ0n) is 10.4. The van der Waals surface area contributed by atoms with Gasteiger partial charge >= 0.3 is 0 Å². The second-order valence-corrected chi connectivity index (χ2v) is 4.28. The molecule has 0 amide bonds. The smallest absolute Gasteiger partial charge is 0.0946 e. The van der Waals surface area contributed by atoms with Crippen LogP contribution < -0.4 is 5.32 Å². The fourth-order valence-corrected chi connectivity index (χ4v) is 1.94. The van der Waals surface area contributed by atoms with Crippen molar-refractivity contribution in [2.75, 3.05) is 6.54 Å². The monoisotopic (exact) mass is 229 g/mol. The van der Waals surface area contributed by atoms with Gasteiger partial charge in [-0.3, -0.25) is 0 Å². The fourth-order valence-electron chi connectivity index (χ4n) is 1.94. The highest BCUT2D eigenvalue weighted by atomic mass is 15.1. The first-order valence-electron chi connectivity index (χ1n) is 6.05. The summed E-state index contributed by atoms with van der Waals surface area (Å²) in [5.74, 6) is 0. The normalized spacial score (nSPS) is 12.6. The number of rotatable bonds is 5. The maximum Gasteiger partial charge on any atom is 0.0946 e. The van der Waals surface area contributed by atoms with Gasteiger partial charge in [0.05, 0.1) is 12.4 Å². The topological polar surface area (TPSA) is 29.9 Å². The zero-order valence-corrected chi connectivity index (χ0v) is 10.4. The SMILES string of the molecule is CCNC(Cn1ccnc1)c1ccc(C)cc1. The number of nitrogens with one attached hydrogen (secondary N) is 1. The summed E-state index contributed by atoms with van der Waals surface area (Å²) in [5.41, 5.74) is 2.62. The van der Waals surface area contributed by atoms with Crippen molar-refractivity contribution in [2.24, 2.45) is 0 Å². The van der Waals surface area contributed by atoms with Crippen LogP contribution in [-0.2, 0) is 6.54 Å². The number of imidazole rings is 1. The zero-order chi connectivity index (χ0) is 12.1. The van der Waals surface area contributed by atoms with Crippen molar-refractivity contribution in [3.63, 3.8) is 0 Å². The number of likely N-dealkylation sites (N-methyl/N-ethyl adjacent to an activating group) is 1. The molecule has 0 saturated carbocycles. The molecule has 0 radical (unpaired) electrons. The highest BCUT2D eigenvalue weighted by molar-refractivity contribution is 5.24. The number of hydrogen-bond donors (Lipinski definition) is 1. The number of aryl methyl sites for hydroxylation is 1. The van der Waals surface area contributed by atoms with E-state index in [1.807, 2.05) is 18.7 Å². The highest BCUT2D eigenvalue weighted by Crippen LogP contribution is 2.15. The summed E-state index contributed by atoms with van der Waals surface area (Å²) < 4.78 is 2.10. The van der Waals surface area contributed by atoms with Crippen LogP contribution in [0.3, 0.4) is 0 Å². The summed E-state index contributed by atoms with van der Waals surface area (Å²) in [7, 11) is 0. The lowest BCUT2D eigenvalue weighted by molar-refractivity contribution is 0.474. The third-order valence-electron chi connectivity index (χ3n) is 2.88. The molecule has 2 aromatic rings. The molecule has 0 fully saturated rings. The molecule has 90 valence electrons. The average Bonchev–Trinajstić information content (AvgIpc) is 2.82. The van der Waals surface area contributed by atoms with E-state index < -0.39 is 0 Å². The molecule has 0 saturated heterocycles. The van der Waals surface area contributed by atoms with Gasteiger partial charge in [0.2, 0.25) is 0 Å². The van der Waals surface area contributed by atoms with Crippen LogP contribution in [0.15, 0.2) is 43.0 Å². The van der Waals surface area contributed by atoms with Gasteiger partial charge in [0.15, 0.2) is 0 Å². The Kier molecular flexibility index (Phi) is 3.94. The first kappa shape index (κ1) is 11.9. The van der Waals surface area contributed by atoms with Crippen LogP contribution in [0.5, 0.6) is 0 Å². The molecule has 1 N–H and O–H groups in total. The second kappa shape index (κ2) is 5.64. The lowest BCUT2D eigenvalue weighted by Gasteiger charge is -2.19. The van der Waals surface area contributed by atoms with E-state index in [-0.39, 0.29) is 0 Å². The Hall–Kier alpha value is -1.61. The van der Waals surface area contributed by atoms with Gasteiger partial charge in [-0.15, -0.1) is 0 Å². The summed E-state index contributed by atoms with van der Waals surface area (Å²) in [6.45, 7) is 6.13. The number of hydrogen-bond acceptors (Lipinski definition) is 2. The molecule has 17 heavy (non-hydrogen) atoms. The molecule has 1 aromatic heterocycles. The van der Waals surface area contributed by atoms with Crippen molar-refractivity contribution in [3.05, 3.63) is 54.1 Å². The molecule has 1 heterocycles. The molecule has 3 heteroatoms. The van der Waals surface area contributed by atoms with Gasteiger partial charge in [-0.2, -0.15) is 0 Å². The van der Waals surface area contributed by atoms with E-state index in [0.29, 0.717) is 6.04 Å². The van der Waals surface area contributed by atoms with Crippen LogP contribution in [0.2, 0.25) is 0 Å². The van der Waals surface area contributed by atoms with E-state index in [1.54, 1.807) is 0 Å². The van der Waals surface area contributed by atoms with Gasteiger partial charge < -0.3 is 9.88 Å². The minimum absolute atomic E-state index is 0.342. The van der Waals surface area contributed by atoms with Crippen LogP contribution in [0.25, 0.3) is 0 Å². The predicted molar refractivity (Wildman–Crippen MR) is 69.8 cm³/mol. The Morgan fingerprint density at radius 3 is 2.65 bits per heavy atom. The van der Waals surface area contributed by atoms with E-state index in [9.17, 15) is 0 Å². The standard InChI is InChI=1S/C14H19N3/c1-3-16-14(10-17-9-8-15-11-17)13-6-4-12(2)5-7-13/h4-9,11,14,16H,3,10H2,1-2H3. The molecule has 2 rings (SSSR count). The van der Waals surface area contributed by atoms with E-state index >= 15 is 0 Å². The summed E-state index contributed by atoms with van der Waals surface area (Å²) in [5, 5.41) is 3.51. The van der Waals surface area contributed by atoms with Crippen molar-refractivity contribution in [3.8, 4) is 0 Å². The van der Waals surface area contributed by atoms with Crippen molar-refractivity contribution in [1.82, 2.24) is 14.9 Å². The molecule has 1 aromatic carbocycles. The largest absolute Gasteiger partial charge is 0.336 e. The number of aromatic nitrogens is 2. The Balaban J connectivity index is 2.13. The van der Waals surface area contributed by atoms with Gasteiger partial charge in [-0.05, 0) is 19.0 Å². The summed E-state index contributed by atoms with van der Waals surface area (Å²) >= 11 is 0. The molecule has 0 bridgehead atoms. The fraction of sp³-hybridized carbons (Fsp3) is 0.357. The Morgan fingerprint density at radius 1 is 1.29 bits per heavy atom. The van der Waals surface area contributed by atoms with Crippen molar-refractivity contribution in [2.45, 2.75) is 26.4 Å². The minimum atomic E-state index is 0.342. The third kappa shape index (κ3) is 3.17. The quantitative estimate of drug-likeness (QED) is 0.854. The second-order valence-electron chi connectivity index (χ2n) is 4.28. The summed E-state index contributed by atoms with van der Waals surface area (Å²) in [6.07, 6.45) is 5.68. The molecule has 1 unspecified atom stereocenters. The van der Waals surface area contributed by atoms with Crippen LogP contribution >= 0.6 is 0 Å². The molecule has 0 aliphatic heterocycles. The molecule has 0 aliphatic rings. The van der Waals surface area contributed by atoms with Gasteiger partial charge in [0.1, 0.15) is 0 Å². The maximum atomic E-state index is 4.08.